The number of fused-ring (bicyclic) bond motifs is 1. The van der Waals surface area contributed by atoms with Gasteiger partial charge in [-0.3, -0.25) is 0 Å². The Hall–Kier alpha value is -1.52. The molecule has 0 bridgehead atoms. The van der Waals surface area contributed by atoms with E-state index in [0.717, 1.165) is 16.0 Å². The average molecular weight is 348 g/mol. The Morgan fingerprint density at radius 3 is 2.43 bits per heavy atom. The van der Waals surface area contributed by atoms with Gasteiger partial charge in [0, 0.05) is 16.6 Å². The van der Waals surface area contributed by atoms with Gasteiger partial charge < -0.3 is 14.8 Å². The van der Waals surface area contributed by atoms with Crippen LogP contribution in [0.3, 0.4) is 0 Å². The summed E-state index contributed by atoms with van der Waals surface area (Å²) >= 11 is 3.52. The fourth-order valence-electron chi connectivity index (χ4n) is 2.53. The maximum Gasteiger partial charge on any atom is 0.231 e. The van der Waals surface area contributed by atoms with Gasteiger partial charge in [-0.25, -0.2) is 0 Å². The molecule has 0 saturated heterocycles. The van der Waals surface area contributed by atoms with Crippen molar-refractivity contribution in [3.8, 4) is 11.5 Å². The number of halogens is 1. The van der Waals surface area contributed by atoms with Crippen molar-refractivity contribution >= 4 is 15.9 Å². The van der Waals surface area contributed by atoms with E-state index >= 15 is 0 Å². The highest BCUT2D eigenvalue weighted by Gasteiger charge is 2.17. The van der Waals surface area contributed by atoms with Crippen molar-refractivity contribution in [1.29, 1.82) is 0 Å². The highest BCUT2D eigenvalue weighted by Crippen LogP contribution is 2.34. The van der Waals surface area contributed by atoms with Crippen molar-refractivity contribution in [3.63, 3.8) is 0 Å². The molecule has 3 rings (SSSR count). The van der Waals surface area contributed by atoms with Gasteiger partial charge >= 0.3 is 0 Å². The fourth-order valence-corrected chi connectivity index (χ4v) is 2.94. The van der Waals surface area contributed by atoms with Crippen LogP contribution in [-0.2, 0) is 0 Å². The van der Waals surface area contributed by atoms with Gasteiger partial charge in [0.15, 0.2) is 11.5 Å². The zero-order chi connectivity index (χ0) is 14.8. The lowest BCUT2D eigenvalue weighted by molar-refractivity contribution is 0.174. The smallest absolute Gasteiger partial charge is 0.231 e. The monoisotopic (exact) mass is 347 g/mol. The van der Waals surface area contributed by atoms with Crippen LogP contribution in [0.15, 0.2) is 46.9 Å². The van der Waals surface area contributed by atoms with Crippen molar-refractivity contribution in [3.05, 3.63) is 58.1 Å². The van der Waals surface area contributed by atoms with Gasteiger partial charge in [0.2, 0.25) is 6.79 Å². The summed E-state index contributed by atoms with van der Waals surface area (Å²) in [4.78, 5) is 0. The van der Waals surface area contributed by atoms with Gasteiger partial charge in [-0.15, -0.1) is 0 Å². The second kappa shape index (κ2) is 6.08. The Morgan fingerprint density at radius 2 is 1.67 bits per heavy atom. The van der Waals surface area contributed by atoms with E-state index in [4.69, 9.17) is 9.47 Å². The standard InChI is InChI=1S/C17H18BrNO2/c1-11(13-4-3-5-15(18)8-13)19-12(2)14-6-7-16-17(9-14)21-10-20-16/h3-9,11-12,19H,10H2,1-2H3/t11-,12?/m1/s1. The van der Waals surface area contributed by atoms with E-state index in [1.54, 1.807) is 0 Å². The summed E-state index contributed by atoms with van der Waals surface area (Å²) in [5.41, 5.74) is 2.46. The van der Waals surface area contributed by atoms with Gasteiger partial charge in [0.05, 0.1) is 0 Å². The fraction of sp³-hybridized carbons (Fsp3) is 0.294. The lowest BCUT2D eigenvalue weighted by Crippen LogP contribution is -2.22. The number of hydrogen-bond donors (Lipinski definition) is 1. The van der Waals surface area contributed by atoms with Gasteiger partial charge in [-0.1, -0.05) is 34.1 Å². The van der Waals surface area contributed by atoms with Crippen molar-refractivity contribution < 1.29 is 9.47 Å². The first-order chi connectivity index (χ1) is 10.1. The summed E-state index contributed by atoms with van der Waals surface area (Å²) < 4.78 is 11.9. The lowest BCUT2D eigenvalue weighted by Gasteiger charge is -2.21. The molecule has 1 unspecified atom stereocenters. The molecule has 0 fully saturated rings. The number of benzene rings is 2. The lowest BCUT2D eigenvalue weighted by atomic mass is 10.0. The van der Waals surface area contributed by atoms with E-state index in [1.165, 1.54) is 11.1 Å². The number of hydrogen-bond acceptors (Lipinski definition) is 3. The molecular weight excluding hydrogens is 330 g/mol. The predicted octanol–water partition coefficient (Wildman–Crippen LogP) is 4.59. The number of nitrogens with one attached hydrogen (secondary N) is 1. The highest BCUT2D eigenvalue weighted by molar-refractivity contribution is 9.10. The molecule has 21 heavy (non-hydrogen) atoms. The van der Waals surface area contributed by atoms with Crippen LogP contribution < -0.4 is 14.8 Å². The van der Waals surface area contributed by atoms with E-state index in [1.807, 2.05) is 18.2 Å². The molecule has 2 aromatic carbocycles. The molecule has 2 aromatic rings. The molecule has 1 N–H and O–H groups in total. The topological polar surface area (TPSA) is 30.5 Å². The van der Waals surface area contributed by atoms with Gasteiger partial charge in [0.25, 0.3) is 0 Å². The quantitative estimate of drug-likeness (QED) is 0.877. The van der Waals surface area contributed by atoms with Crippen molar-refractivity contribution in [1.82, 2.24) is 5.32 Å². The van der Waals surface area contributed by atoms with Crippen LogP contribution >= 0.6 is 15.9 Å². The Labute approximate surface area is 133 Å². The predicted molar refractivity (Wildman–Crippen MR) is 86.7 cm³/mol. The third-order valence-electron chi connectivity index (χ3n) is 3.75. The first-order valence-corrected chi connectivity index (χ1v) is 7.84. The molecule has 0 radical (unpaired) electrons. The van der Waals surface area contributed by atoms with E-state index in [-0.39, 0.29) is 12.1 Å². The SMILES string of the molecule is CC(N[C@H](C)c1cccc(Br)c1)c1ccc2c(c1)OCO2. The van der Waals surface area contributed by atoms with Gasteiger partial charge in [-0.05, 0) is 49.2 Å². The highest BCUT2D eigenvalue weighted by atomic mass is 79.9. The summed E-state index contributed by atoms with van der Waals surface area (Å²) in [7, 11) is 0. The Bertz CT molecular complexity index is 644. The number of ether oxygens (including phenoxy) is 2. The first-order valence-electron chi connectivity index (χ1n) is 7.04. The van der Waals surface area contributed by atoms with E-state index in [0.29, 0.717) is 6.79 Å². The minimum Gasteiger partial charge on any atom is -0.454 e. The summed E-state index contributed by atoms with van der Waals surface area (Å²) in [6.07, 6.45) is 0. The van der Waals surface area contributed by atoms with E-state index < -0.39 is 0 Å². The van der Waals surface area contributed by atoms with Gasteiger partial charge in [0.1, 0.15) is 0 Å². The van der Waals surface area contributed by atoms with Crippen LogP contribution in [0.1, 0.15) is 37.1 Å². The zero-order valence-electron chi connectivity index (χ0n) is 12.1. The molecule has 0 aliphatic carbocycles. The molecule has 0 saturated carbocycles. The van der Waals surface area contributed by atoms with Gasteiger partial charge in [-0.2, -0.15) is 0 Å². The van der Waals surface area contributed by atoms with E-state index in [9.17, 15) is 0 Å². The van der Waals surface area contributed by atoms with Crippen LogP contribution in [0.5, 0.6) is 11.5 Å². The molecule has 1 aliphatic heterocycles. The normalized spacial score (nSPS) is 15.8. The van der Waals surface area contributed by atoms with E-state index in [2.05, 4.69) is 59.4 Å². The number of rotatable bonds is 4. The molecular formula is C17H18BrNO2. The van der Waals surface area contributed by atoms with Crippen LogP contribution in [0.25, 0.3) is 0 Å². The summed E-state index contributed by atoms with van der Waals surface area (Å²) in [5.74, 6) is 1.65. The molecule has 1 aliphatic rings. The summed E-state index contributed by atoms with van der Waals surface area (Å²) in [6.45, 7) is 4.65. The maximum atomic E-state index is 5.44. The third kappa shape index (κ3) is 3.22. The molecule has 4 heteroatoms. The van der Waals surface area contributed by atoms with Crippen molar-refractivity contribution in [2.45, 2.75) is 25.9 Å². The molecule has 3 nitrogen and oxygen atoms in total. The van der Waals surface area contributed by atoms with Crippen LogP contribution in [0.2, 0.25) is 0 Å². The molecule has 0 amide bonds. The minimum absolute atomic E-state index is 0.230. The molecule has 0 aromatic heterocycles. The molecule has 1 heterocycles. The third-order valence-corrected chi connectivity index (χ3v) is 4.24. The second-order valence-corrected chi connectivity index (χ2v) is 6.19. The average Bonchev–Trinajstić information content (AvgIpc) is 2.94. The molecule has 110 valence electrons. The Kier molecular flexibility index (Phi) is 4.17. The summed E-state index contributed by atoms with van der Waals surface area (Å²) in [6, 6.07) is 15.0. The Balaban J connectivity index is 1.72. The largest absolute Gasteiger partial charge is 0.454 e. The molecule has 0 spiro atoms. The maximum absolute atomic E-state index is 5.44. The first kappa shape index (κ1) is 14.4. The minimum atomic E-state index is 0.230. The van der Waals surface area contributed by atoms with Crippen LogP contribution in [0, 0.1) is 0 Å². The Morgan fingerprint density at radius 1 is 0.952 bits per heavy atom. The zero-order valence-corrected chi connectivity index (χ0v) is 13.7. The van der Waals surface area contributed by atoms with Crippen molar-refractivity contribution in [2.75, 3.05) is 6.79 Å². The van der Waals surface area contributed by atoms with Crippen LogP contribution in [0.4, 0.5) is 0 Å². The summed E-state index contributed by atoms with van der Waals surface area (Å²) in [5, 5.41) is 3.61. The van der Waals surface area contributed by atoms with Crippen LogP contribution in [-0.4, -0.2) is 6.79 Å². The second-order valence-electron chi connectivity index (χ2n) is 5.28. The molecule has 2 atom stereocenters. The van der Waals surface area contributed by atoms with Crippen molar-refractivity contribution in [2.24, 2.45) is 0 Å².